The molecule has 0 radical (unpaired) electrons. The van der Waals surface area contributed by atoms with Crippen molar-refractivity contribution in [2.45, 2.75) is 26.4 Å². The van der Waals surface area contributed by atoms with E-state index in [1.54, 1.807) is 12.1 Å². The molecule has 3 N–H and O–H groups in total. The summed E-state index contributed by atoms with van der Waals surface area (Å²) in [5.41, 5.74) is 1.07. The first-order valence-corrected chi connectivity index (χ1v) is 9.52. The van der Waals surface area contributed by atoms with Crippen molar-refractivity contribution in [2.24, 2.45) is 0 Å². The number of carboxylic acid groups (broad SMARTS) is 1. The Labute approximate surface area is 147 Å². The fourth-order valence-electron chi connectivity index (χ4n) is 1.86. The molecule has 0 bridgehead atoms. The average molecular weight is 372 g/mol. The number of nitrogens with one attached hydrogen (secondary N) is 2. The highest BCUT2D eigenvalue weighted by molar-refractivity contribution is 7.89. The number of benzene rings is 1. The summed E-state index contributed by atoms with van der Waals surface area (Å²) in [6.07, 6.45) is 0.462. The van der Waals surface area contributed by atoms with Gasteiger partial charge in [0, 0.05) is 6.54 Å². The van der Waals surface area contributed by atoms with Gasteiger partial charge in [-0.3, -0.25) is 4.79 Å². The van der Waals surface area contributed by atoms with Crippen molar-refractivity contribution in [2.75, 3.05) is 25.4 Å². The van der Waals surface area contributed by atoms with Crippen molar-refractivity contribution < 1.29 is 27.9 Å². The maximum Gasteiger partial charge on any atom is 0.335 e. The van der Waals surface area contributed by atoms with Gasteiger partial charge in [-0.05, 0) is 38.0 Å². The first-order valence-electron chi connectivity index (χ1n) is 7.87. The minimum atomic E-state index is -3.55. The zero-order chi connectivity index (χ0) is 18.9. The molecular formula is C16H24N2O6S. The third kappa shape index (κ3) is 9.18. The molecule has 0 fully saturated rings. The Morgan fingerprint density at radius 2 is 1.84 bits per heavy atom. The summed E-state index contributed by atoms with van der Waals surface area (Å²) in [7, 11) is -3.55. The Hall–Kier alpha value is -1.97. The van der Waals surface area contributed by atoms with Gasteiger partial charge in [-0.25, -0.2) is 17.9 Å². The third-order valence-electron chi connectivity index (χ3n) is 3.19. The largest absolute Gasteiger partial charge is 0.478 e. The van der Waals surface area contributed by atoms with Crippen LogP contribution >= 0.6 is 0 Å². The van der Waals surface area contributed by atoms with Gasteiger partial charge >= 0.3 is 5.97 Å². The van der Waals surface area contributed by atoms with Crippen LogP contribution in [0.1, 0.15) is 29.8 Å². The zero-order valence-corrected chi connectivity index (χ0v) is 15.1. The number of amides is 1. The lowest BCUT2D eigenvalue weighted by Crippen LogP contribution is -2.39. The summed E-state index contributed by atoms with van der Waals surface area (Å²) in [6, 6.07) is 6.33. The molecule has 0 aliphatic carbocycles. The van der Waals surface area contributed by atoms with Crippen LogP contribution in [0.25, 0.3) is 0 Å². The van der Waals surface area contributed by atoms with Crippen LogP contribution in [0.3, 0.4) is 0 Å². The SMILES string of the molecule is CC(C)OCCS(=O)(=O)NCC(=O)NCCc1ccc(C(=O)O)cc1. The Kier molecular flexibility index (Phi) is 8.53. The second-order valence-electron chi connectivity index (χ2n) is 5.66. The lowest BCUT2D eigenvalue weighted by Gasteiger charge is -2.10. The van der Waals surface area contributed by atoms with Crippen molar-refractivity contribution in [3.8, 4) is 0 Å². The molecule has 0 unspecified atom stereocenters. The smallest absolute Gasteiger partial charge is 0.335 e. The van der Waals surface area contributed by atoms with Crippen LogP contribution in [0, 0.1) is 0 Å². The normalized spacial score (nSPS) is 11.5. The van der Waals surface area contributed by atoms with Crippen molar-refractivity contribution in [3.63, 3.8) is 0 Å². The number of carbonyl (C=O) groups excluding carboxylic acids is 1. The molecule has 0 aliphatic heterocycles. The van der Waals surface area contributed by atoms with E-state index in [9.17, 15) is 18.0 Å². The number of rotatable bonds is 11. The second kappa shape index (κ2) is 10.1. The van der Waals surface area contributed by atoms with Crippen molar-refractivity contribution in [1.82, 2.24) is 10.0 Å². The number of ether oxygens (including phenoxy) is 1. The Bertz CT molecular complexity index is 670. The predicted molar refractivity (Wildman–Crippen MR) is 93.0 cm³/mol. The van der Waals surface area contributed by atoms with E-state index in [1.807, 2.05) is 13.8 Å². The number of carbonyl (C=O) groups is 2. The van der Waals surface area contributed by atoms with E-state index < -0.39 is 21.9 Å². The maximum absolute atomic E-state index is 11.7. The minimum Gasteiger partial charge on any atom is -0.478 e. The van der Waals surface area contributed by atoms with Gasteiger partial charge in [0.2, 0.25) is 15.9 Å². The molecule has 8 nitrogen and oxygen atoms in total. The molecule has 0 spiro atoms. The maximum atomic E-state index is 11.7. The Morgan fingerprint density at radius 3 is 2.40 bits per heavy atom. The van der Waals surface area contributed by atoms with Gasteiger partial charge in [-0.2, -0.15) is 0 Å². The first-order chi connectivity index (χ1) is 11.7. The standard InChI is InChI=1S/C16H24N2O6S/c1-12(2)24-9-10-25(22,23)18-11-15(19)17-8-7-13-3-5-14(6-4-13)16(20)21/h3-6,12,18H,7-11H2,1-2H3,(H,17,19)(H,20,21). The topological polar surface area (TPSA) is 122 Å². The Balaban J connectivity index is 2.27. The molecule has 0 aliphatic rings. The monoisotopic (exact) mass is 372 g/mol. The van der Waals surface area contributed by atoms with E-state index >= 15 is 0 Å². The highest BCUT2D eigenvalue weighted by atomic mass is 32.2. The summed E-state index contributed by atoms with van der Waals surface area (Å²) in [5, 5.41) is 11.4. The van der Waals surface area contributed by atoms with Crippen LogP contribution in [0.15, 0.2) is 24.3 Å². The molecule has 0 atom stereocenters. The van der Waals surface area contributed by atoms with Gasteiger partial charge in [0.05, 0.1) is 30.6 Å². The molecule has 140 valence electrons. The number of carboxylic acids is 1. The van der Waals surface area contributed by atoms with Crippen molar-refractivity contribution in [1.29, 1.82) is 0 Å². The number of sulfonamides is 1. The quantitative estimate of drug-likeness (QED) is 0.516. The van der Waals surface area contributed by atoms with Crippen LogP contribution in [-0.2, 0) is 26.0 Å². The van der Waals surface area contributed by atoms with Gasteiger partial charge in [0.15, 0.2) is 0 Å². The molecule has 0 heterocycles. The number of hydrogen-bond donors (Lipinski definition) is 3. The molecule has 1 aromatic rings. The van der Waals surface area contributed by atoms with Crippen LogP contribution < -0.4 is 10.0 Å². The number of hydrogen-bond acceptors (Lipinski definition) is 5. The highest BCUT2D eigenvalue weighted by Gasteiger charge is 2.12. The molecule has 25 heavy (non-hydrogen) atoms. The van der Waals surface area contributed by atoms with Gasteiger partial charge in [-0.15, -0.1) is 0 Å². The van der Waals surface area contributed by atoms with Gasteiger partial charge in [0.1, 0.15) is 0 Å². The van der Waals surface area contributed by atoms with Crippen LogP contribution in [0.4, 0.5) is 0 Å². The minimum absolute atomic E-state index is 0.0527. The predicted octanol–water partition coefficient (Wildman–Crippen LogP) is 0.388. The van der Waals surface area contributed by atoms with Crippen LogP contribution in [-0.4, -0.2) is 57.0 Å². The molecule has 0 saturated carbocycles. The lowest BCUT2D eigenvalue weighted by molar-refractivity contribution is -0.119. The molecule has 1 rings (SSSR count). The molecule has 0 saturated heterocycles. The molecule has 9 heteroatoms. The summed E-state index contributed by atoms with van der Waals surface area (Å²) in [4.78, 5) is 22.4. The number of aromatic carboxylic acids is 1. The van der Waals surface area contributed by atoms with E-state index in [2.05, 4.69) is 10.0 Å². The fraction of sp³-hybridized carbons (Fsp3) is 0.500. The summed E-state index contributed by atoms with van der Waals surface area (Å²) in [6.45, 7) is 3.68. The average Bonchev–Trinajstić information content (AvgIpc) is 2.53. The third-order valence-corrected chi connectivity index (χ3v) is 4.48. The second-order valence-corrected chi connectivity index (χ2v) is 7.59. The van der Waals surface area contributed by atoms with Crippen LogP contribution in [0.2, 0.25) is 0 Å². The molecular weight excluding hydrogens is 348 g/mol. The molecule has 1 amide bonds. The van der Waals surface area contributed by atoms with Crippen molar-refractivity contribution in [3.05, 3.63) is 35.4 Å². The van der Waals surface area contributed by atoms with Crippen molar-refractivity contribution >= 4 is 21.9 Å². The van der Waals surface area contributed by atoms with Gasteiger partial charge in [-0.1, -0.05) is 12.1 Å². The summed E-state index contributed by atoms with van der Waals surface area (Å²) in [5.74, 6) is -1.63. The highest BCUT2D eigenvalue weighted by Crippen LogP contribution is 2.04. The van der Waals surface area contributed by atoms with Gasteiger partial charge < -0.3 is 15.2 Å². The van der Waals surface area contributed by atoms with Crippen LogP contribution in [0.5, 0.6) is 0 Å². The first kappa shape index (κ1) is 21.1. The molecule has 0 aromatic heterocycles. The fourth-order valence-corrected chi connectivity index (χ4v) is 2.67. The Morgan fingerprint density at radius 1 is 1.20 bits per heavy atom. The lowest BCUT2D eigenvalue weighted by atomic mass is 10.1. The van der Waals surface area contributed by atoms with E-state index in [0.29, 0.717) is 13.0 Å². The molecule has 1 aromatic carbocycles. The summed E-state index contributed by atoms with van der Waals surface area (Å²) < 4.78 is 30.7. The zero-order valence-electron chi connectivity index (χ0n) is 14.3. The van der Waals surface area contributed by atoms with E-state index in [-0.39, 0.29) is 30.6 Å². The van der Waals surface area contributed by atoms with E-state index in [4.69, 9.17) is 9.84 Å². The summed E-state index contributed by atoms with van der Waals surface area (Å²) >= 11 is 0. The van der Waals surface area contributed by atoms with E-state index in [1.165, 1.54) is 12.1 Å². The van der Waals surface area contributed by atoms with E-state index in [0.717, 1.165) is 5.56 Å². The van der Waals surface area contributed by atoms with Gasteiger partial charge in [0.25, 0.3) is 0 Å².